The molecule has 1 rings (SSSR count). The zero-order valence-corrected chi connectivity index (χ0v) is 10.3. The summed E-state index contributed by atoms with van der Waals surface area (Å²) >= 11 is 1.85. The number of rotatable bonds is 5. The monoisotopic (exact) mass is 226 g/mol. The minimum atomic E-state index is 0.329. The number of aromatic nitrogens is 2. The standard InChI is InChI=1S/C10H18N4S/c1-7(6-15-3)5-12-9-4-8(2)13-10(11)14-9/h4,7H,5-6H2,1-3H3,(H3,11,12,13,14). The summed E-state index contributed by atoms with van der Waals surface area (Å²) in [5, 5.41) is 3.27. The SMILES string of the molecule is CSCC(C)CNc1cc(C)nc(N)n1. The number of nitrogens with one attached hydrogen (secondary N) is 1. The second kappa shape index (κ2) is 5.80. The first-order valence-electron chi connectivity index (χ1n) is 4.95. The van der Waals surface area contributed by atoms with Gasteiger partial charge >= 0.3 is 0 Å². The summed E-state index contributed by atoms with van der Waals surface area (Å²) in [4.78, 5) is 8.14. The molecule has 1 heterocycles. The third-order valence-corrected chi connectivity index (χ3v) is 2.86. The predicted octanol–water partition coefficient (Wildman–Crippen LogP) is 1.78. The van der Waals surface area contributed by atoms with E-state index in [1.54, 1.807) is 0 Å². The molecule has 0 aliphatic rings. The Balaban J connectivity index is 2.50. The van der Waals surface area contributed by atoms with Crippen LogP contribution in [0.25, 0.3) is 0 Å². The molecule has 0 radical (unpaired) electrons. The summed E-state index contributed by atoms with van der Waals surface area (Å²) in [7, 11) is 0. The molecule has 0 amide bonds. The van der Waals surface area contributed by atoms with Crippen LogP contribution in [0.2, 0.25) is 0 Å². The molecule has 1 unspecified atom stereocenters. The summed E-state index contributed by atoms with van der Waals surface area (Å²) in [6.07, 6.45) is 2.11. The van der Waals surface area contributed by atoms with Gasteiger partial charge in [0, 0.05) is 18.3 Å². The summed E-state index contributed by atoms with van der Waals surface area (Å²) in [5.74, 6) is 2.91. The van der Waals surface area contributed by atoms with Crippen molar-refractivity contribution in [1.82, 2.24) is 9.97 Å². The molecule has 0 saturated carbocycles. The van der Waals surface area contributed by atoms with Gasteiger partial charge in [0.25, 0.3) is 0 Å². The Kier molecular flexibility index (Phi) is 4.68. The van der Waals surface area contributed by atoms with E-state index in [1.807, 2.05) is 24.8 Å². The molecular weight excluding hydrogens is 208 g/mol. The molecule has 0 aliphatic carbocycles. The zero-order chi connectivity index (χ0) is 11.3. The lowest BCUT2D eigenvalue weighted by atomic mass is 10.2. The molecule has 5 heteroatoms. The molecule has 4 nitrogen and oxygen atoms in total. The highest BCUT2D eigenvalue weighted by atomic mass is 32.2. The molecule has 1 aromatic rings. The second-order valence-electron chi connectivity index (χ2n) is 3.69. The maximum absolute atomic E-state index is 5.56. The maximum atomic E-state index is 5.56. The lowest BCUT2D eigenvalue weighted by Gasteiger charge is -2.12. The molecule has 0 aromatic carbocycles. The third kappa shape index (κ3) is 4.38. The number of hydrogen-bond acceptors (Lipinski definition) is 5. The van der Waals surface area contributed by atoms with E-state index < -0.39 is 0 Å². The van der Waals surface area contributed by atoms with Gasteiger partial charge in [-0.3, -0.25) is 0 Å². The number of hydrogen-bond donors (Lipinski definition) is 2. The van der Waals surface area contributed by atoms with Gasteiger partial charge < -0.3 is 11.1 Å². The number of nitrogens with zero attached hydrogens (tertiary/aromatic N) is 2. The maximum Gasteiger partial charge on any atom is 0.222 e. The van der Waals surface area contributed by atoms with E-state index in [0.29, 0.717) is 11.9 Å². The fourth-order valence-corrected chi connectivity index (χ4v) is 1.99. The smallest absolute Gasteiger partial charge is 0.222 e. The van der Waals surface area contributed by atoms with Gasteiger partial charge in [-0.1, -0.05) is 6.92 Å². The van der Waals surface area contributed by atoms with Crippen molar-refractivity contribution >= 4 is 23.5 Å². The quantitative estimate of drug-likeness (QED) is 0.801. The van der Waals surface area contributed by atoms with Crippen LogP contribution < -0.4 is 11.1 Å². The average molecular weight is 226 g/mol. The summed E-state index contributed by atoms with van der Waals surface area (Å²) in [5.41, 5.74) is 6.45. The molecule has 0 aliphatic heterocycles. The van der Waals surface area contributed by atoms with Gasteiger partial charge in [0.2, 0.25) is 5.95 Å². The van der Waals surface area contributed by atoms with Gasteiger partial charge in [-0.25, -0.2) is 4.98 Å². The fourth-order valence-electron chi connectivity index (χ4n) is 1.30. The first-order chi connectivity index (χ1) is 7.11. The molecule has 1 aromatic heterocycles. The molecule has 15 heavy (non-hydrogen) atoms. The number of nitrogen functional groups attached to an aromatic ring is 1. The molecule has 0 saturated heterocycles. The Morgan fingerprint density at radius 3 is 2.87 bits per heavy atom. The molecule has 0 spiro atoms. The van der Waals surface area contributed by atoms with Crippen LogP contribution in [-0.4, -0.2) is 28.5 Å². The lowest BCUT2D eigenvalue weighted by Crippen LogP contribution is -2.14. The second-order valence-corrected chi connectivity index (χ2v) is 4.60. The molecule has 0 fully saturated rings. The third-order valence-electron chi connectivity index (χ3n) is 1.95. The Labute approximate surface area is 95.1 Å². The van der Waals surface area contributed by atoms with Gasteiger partial charge in [-0.2, -0.15) is 16.7 Å². The van der Waals surface area contributed by atoms with Crippen LogP contribution in [-0.2, 0) is 0 Å². The summed E-state index contributed by atoms with van der Waals surface area (Å²) in [6, 6.07) is 1.90. The van der Waals surface area contributed by atoms with Crippen LogP contribution in [0, 0.1) is 12.8 Å². The van der Waals surface area contributed by atoms with Crippen molar-refractivity contribution in [1.29, 1.82) is 0 Å². The minimum absolute atomic E-state index is 0.329. The molecule has 84 valence electrons. The van der Waals surface area contributed by atoms with E-state index >= 15 is 0 Å². The van der Waals surface area contributed by atoms with Crippen LogP contribution in [0.15, 0.2) is 6.07 Å². The largest absolute Gasteiger partial charge is 0.370 e. The highest BCUT2D eigenvalue weighted by molar-refractivity contribution is 7.98. The van der Waals surface area contributed by atoms with Gasteiger partial charge in [-0.05, 0) is 24.9 Å². The van der Waals surface area contributed by atoms with Crippen molar-refractivity contribution < 1.29 is 0 Å². The van der Waals surface area contributed by atoms with Crippen molar-refractivity contribution in [2.24, 2.45) is 5.92 Å². The Bertz CT molecular complexity index is 296. The summed E-state index contributed by atoms with van der Waals surface area (Å²) < 4.78 is 0. The molecule has 0 bridgehead atoms. The first kappa shape index (κ1) is 12.1. The number of aryl methyl sites for hydroxylation is 1. The Morgan fingerprint density at radius 2 is 2.27 bits per heavy atom. The van der Waals surface area contributed by atoms with Crippen molar-refractivity contribution in [3.05, 3.63) is 11.8 Å². The predicted molar refractivity (Wildman–Crippen MR) is 67.2 cm³/mol. The van der Waals surface area contributed by atoms with Crippen molar-refractivity contribution in [3.8, 4) is 0 Å². The fraction of sp³-hybridized carbons (Fsp3) is 0.600. The van der Waals surface area contributed by atoms with Crippen LogP contribution in [0.4, 0.5) is 11.8 Å². The van der Waals surface area contributed by atoms with Gasteiger partial charge in [0.15, 0.2) is 0 Å². The summed E-state index contributed by atoms with van der Waals surface area (Å²) in [6.45, 7) is 5.03. The number of thioether (sulfide) groups is 1. The van der Waals surface area contributed by atoms with E-state index in [2.05, 4.69) is 28.5 Å². The molecular formula is C10H18N4S. The van der Waals surface area contributed by atoms with E-state index in [-0.39, 0.29) is 0 Å². The van der Waals surface area contributed by atoms with E-state index in [9.17, 15) is 0 Å². The van der Waals surface area contributed by atoms with Gasteiger partial charge in [0.05, 0.1) is 0 Å². The Hall–Kier alpha value is -0.970. The minimum Gasteiger partial charge on any atom is -0.370 e. The van der Waals surface area contributed by atoms with E-state index in [4.69, 9.17) is 5.73 Å². The van der Waals surface area contributed by atoms with Crippen LogP contribution in [0.5, 0.6) is 0 Å². The van der Waals surface area contributed by atoms with Crippen molar-refractivity contribution in [2.45, 2.75) is 13.8 Å². The van der Waals surface area contributed by atoms with Crippen molar-refractivity contribution in [2.75, 3.05) is 29.6 Å². The first-order valence-corrected chi connectivity index (χ1v) is 6.35. The van der Waals surface area contributed by atoms with Crippen LogP contribution >= 0.6 is 11.8 Å². The van der Waals surface area contributed by atoms with E-state index in [1.165, 1.54) is 0 Å². The van der Waals surface area contributed by atoms with Gasteiger partial charge in [-0.15, -0.1) is 0 Å². The average Bonchev–Trinajstić information content (AvgIpc) is 2.14. The lowest BCUT2D eigenvalue weighted by molar-refractivity contribution is 0.699. The highest BCUT2D eigenvalue weighted by Crippen LogP contribution is 2.09. The van der Waals surface area contributed by atoms with Crippen molar-refractivity contribution in [3.63, 3.8) is 0 Å². The number of anilines is 2. The Morgan fingerprint density at radius 1 is 1.53 bits per heavy atom. The van der Waals surface area contributed by atoms with Crippen LogP contribution in [0.1, 0.15) is 12.6 Å². The van der Waals surface area contributed by atoms with Crippen LogP contribution in [0.3, 0.4) is 0 Å². The highest BCUT2D eigenvalue weighted by Gasteiger charge is 2.02. The van der Waals surface area contributed by atoms with Gasteiger partial charge in [0.1, 0.15) is 5.82 Å². The van der Waals surface area contributed by atoms with E-state index in [0.717, 1.165) is 23.8 Å². The molecule has 1 atom stereocenters. The normalized spacial score (nSPS) is 12.5. The number of nitrogens with two attached hydrogens (primary N) is 1. The zero-order valence-electron chi connectivity index (χ0n) is 9.45. The molecule has 3 N–H and O–H groups in total. The topological polar surface area (TPSA) is 63.8 Å².